The summed E-state index contributed by atoms with van der Waals surface area (Å²) in [6, 6.07) is 15.1. The zero-order chi connectivity index (χ0) is 15.6. The van der Waals surface area contributed by atoms with Gasteiger partial charge in [0.15, 0.2) is 0 Å². The van der Waals surface area contributed by atoms with Crippen LogP contribution in [0.3, 0.4) is 0 Å². The van der Waals surface area contributed by atoms with Crippen LogP contribution in [-0.2, 0) is 12.8 Å². The summed E-state index contributed by atoms with van der Waals surface area (Å²) in [4.78, 5) is 4.26. The van der Waals surface area contributed by atoms with Crippen LogP contribution in [0.25, 0.3) is 0 Å². The molecule has 1 aliphatic carbocycles. The molecule has 0 saturated carbocycles. The minimum Gasteiger partial charge on any atom is -0.326 e. The molecule has 0 N–H and O–H groups in total. The lowest BCUT2D eigenvalue weighted by Crippen LogP contribution is -2.16. The molecule has 4 rings (SSSR count). The summed E-state index contributed by atoms with van der Waals surface area (Å²) in [5, 5.41) is 0.917. The highest BCUT2D eigenvalue weighted by Crippen LogP contribution is 2.37. The molecule has 23 heavy (non-hydrogen) atoms. The SMILES string of the molecule is Clc1ccc(C(c2ccccc2)n2ccnc2)c2c1CCCC2. The Morgan fingerprint density at radius 3 is 2.48 bits per heavy atom. The Morgan fingerprint density at radius 1 is 0.957 bits per heavy atom. The number of hydrogen-bond donors (Lipinski definition) is 0. The van der Waals surface area contributed by atoms with E-state index >= 15 is 0 Å². The molecule has 0 bridgehead atoms. The number of fused-ring (bicyclic) bond motifs is 1. The Kier molecular flexibility index (Phi) is 3.92. The van der Waals surface area contributed by atoms with Gasteiger partial charge in [-0.1, -0.05) is 48.0 Å². The molecular formula is C20H19ClN2. The maximum absolute atomic E-state index is 6.47. The first kappa shape index (κ1) is 14.5. The summed E-state index contributed by atoms with van der Waals surface area (Å²) in [6.07, 6.45) is 10.5. The van der Waals surface area contributed by atoms with Crippen molar-refractivity contribution in [1.29, 1.82) is 0 Å². The van der Waals surface area contributed by atoms with Crippen LogP contribution in [-0.4, -0.2) is 9.55 Å². The van der Waals surface area contributed by atoms with E-state index < -0.39 is 0 Å². The second-order valence-corrected chi connectivity index (χ2v) is 6.53. The van der Waals surface area contributed by atoms with Crippen molar-refractivity contribution in [3.8, 4) is 0 Å². The molecule has 2 aromatic carbocycles. The topological polar surface area (TPSA) is 17.8 Å². The standard InChI is InChI=1S/C20H19ClN2/c21-19-11-10-18(16-8-4-5-9-17(16)19)20(23-13-12-22-14-23)15-6-2-1-3-7-15/h1-3,6-7,10-14,20H,4-5,8-9H2. The average molecular weight is 323 g/mol. The fraction of sp³-hybridized carbons (Fsp3) is 0.250. The van der Waals surface area contributed by atoms with Crippen LogP contribution >= 0.6 is 11.6 Å². The Hall–Kier alpha value is -2.06. The Bertz CT molecular complexity index is 794. The van der Waals surface area contributed by atoms with E-state index in [9.17, 15) is 0 Å². The zero-order valence-electron chi connectivity index (χ0n) is 13.0. The third-order valence-electron chi connectivity index (χ3n) is 4.75. The highest BCUT2D eigenvalue weighted by molar-refractivity contribution is 6.31. The summed E-state index contributed by atoms with van der Waals surface area (Å²) in [7, 11) is 0. The van der Waals surface area contributed by atoms with Crippen molar-refractivity contribution in [2.24, 2.45) is 0 Å². The number of aromatic nitrogens is 2. The maximum Gasteiger partial charge on any atom is 0.0954 e. The fourth-order valence-electron chi connectivity index (χ4n) is 3.68. The van der Waals surface area contributed by atoms with E-state index in [4.69, 9.17) is 11.6 Å². The second-order valence-electron chi connectivity index (χ2n) is 6.12. The van der Waals surface area contributed by atoms with Crippen molar-refractivity contribution in [2.75, 3.05) is 0 Å². The predicted octanol–water partition coefficient (Wildman–Crippen LogP) is 5.05. The second kappa shape index (κ2) is 6.21. The van der Waals surface area contributed by atoms with Gasteiger partial charge in [0.2, 0.25) is 0 Å². The smallest absolute Gasteiger partial charge is 0.0954 e. The van der Waals surface area contributed by atoms with Gasteiger partial charge < -0.3 is 4.57 Å². The van der Waals surface area contributed by atoms with Crippen molar-refractivity contribution in [2.45, 2.75) is 31.7 Å². The molecule has 3 aromatic rings. The molecule has 0 aliphatic heterocycles. The Labute approximate surface area is 141 Å². The molecule has 2 nitrogen and oxygen atoms in total. The Balaban J connectivity index is 1.91. The van der Waals surface area contributed by atoms with Crippen LogP contribution in [0.15, 0.2) is 61.2 Å². The zero-order valence-corrected chi connectivity index (χ0v) is 13.7. The first-order chi connectivity index (χ1) is 11.3. The maximum atomic E-state index is 6.47. The number of nitrogens with zero attached hydrogens (tertiary/aromatic N) is 2. The molecule has 116 valence electrons. The fourth-order valence-corrected chi connectivity index (χ4v) is 3.95. The average Bonchev–Trinajstić information content (AvgIpc) is 3.13. The number of rotatable bonds is 3. The van der Waals surface area contributed by atoms with Crippen LogP contribution in [0.2, 0.25) is 5.02 Å². The molecule has 0 saturated heterocycles. The quantitative estimate of drug-likeness (QED) is 0.659. The van der Waals surface area contributed by atoms with Crippen LogP contribution in [0.5, 0.6) is 0 Å². The van der Waals surface area contributed by atoms with Crippen molar-refractivity contribution in [3.63, 3.8) is 0 Å². The summed E-state index contributed by atoms with van der Waals surface area (Å²) in [5.74, 6) is 0. The predicted molar refractivity (Wildman–Crippen MR) is 94.0 cm³/mol. The first-order valence-corrected chi connectivity index (χ1v) is 8.55. The lowest BCUT2D eigenvalue weighted by molar-refractivity contribution is 0.635. The Morgan fingerprint density at radius 2 is 1.74 bits per heavy atom. The molecule has 1 heterocycles. The van der Waals surface area contributed by atoms with Crippen molar-refractivity contribution >= 4 is 11.6 Å². The normalized spacial score (nSPS) is 15.2. The lowest BCUT2D eigenvalue weighted by atomic mass is 9.84. The van der Waals surface area contributed by atoms with Gasteiger partial charge in [-0.25, -0.2) is 4.98 Å². The van der Waals surface area contributed by atoms with E-state index in [1.807, 2.05) is 18.7 Å². The summed E-state index contributed by atoms with van der Waals surface area (Å²) < 4.78 is 2.19. The third kappa shape index (κ3) is 2.68. The summed E-state index contributed by atoms with van der Waals surface area (Å²) in [5.41, 5.74) is 5.41. The molecule has 1 aromatic heterocycles. The van der Waals surface area contributed by atoms with Crippen LogP contribution in [0.4, 0.5) is 0 Å². The van der Waals surface area contributed by atoms with E-state index in [-0.39, 0.29) is 6.04 Å². The van der Waals surface area contributed by atoms with E-state index in [0.29, 0.717) is 0 Å². The van der Waals surface area contributed by atoms with Gasteiger partial charge in [-0.05, 0) is 54.0 Å². The van der Waals surface area contributed by atoms with Gasteiger partial charge in [0.25, 0.3) is 0 Å². The minimum absolute atomic E-state index is 0.155. The third-order valence-corrected chi connectivity index (χ3v) is 5.10. The highest BCUT2D eigenvalue weighted by atomic mass is 35.5. The number of imidazole rings is 1. The van der Waals surface area contributed by atoms with Gasteiger partial charge in [-0.15, -0.1) is 0 Å². The number of benzene rings is 2. The summed E-state index contributed by atoms with van der Waals surface area (Å²) >= 11 is 6.47. The first-order valence-electron chi connectivity index (χ1n) is 8.17. The van der Waals surface area contributed by atoms with Gasteiger partial charge in [0.1, 0.15) is 0 Å². The van der Waals surface area contributed by atoms with Gasteiger partial charge in [0, 0.05) is 17.4 Å². The molecule has 0 radical (unpaired) electrons. The van der Waals surface area contributed by atoms with Crippen molar-refractivity contribution in [1.82, 2.24) is 9.55 Å². The van der Waals surface area contributed by atoms with E-state index in [0.717, 1.165) is 17.9 Å². The van der Waals surface area contributed by atoms with Gasteiger partial charge in [0.05, 0.1) is 12.4 Å². The number of halogens is 1. The number of hydrogen-bond acceptors (Lipinski definition) is 1. The van der Waals surface area contributed by atoms with Crippen LogP contribution < -0.4 is 0 Å². The van der Waals surface area contributed by atoms with Crippen molar-refractivity contribution in [3.05, 3.63) is 88.5 Å². The molecule has 1 atom stereocenters. The van der Waals surface area contributed by atoms with Crippen LogP contribution in [0, 0.1) is 0 Å². The van der Waals surface area contributed by atoms with E-state index in [1.165, 1.54) is 35.1 Å². The lowest BCUT2D eigenvalue weighted by Gasteiger charge is -2.27. The van der Waals surface area contributed by atoms with Crippen molar-refractivity contribution < 1.29 is 0 Å². The van der Waals surface area contributed by atoms with Gasteiger partial charge in [-0.3, -0.25) is 0 Å². The van der Waals surface area contributed by atoms with Gasteiger partial charge in [-0.2, -0.15) is 0 Å². The van der Waals surface area contributed by atoms with E-state index in [2.05, 4.69) is 52.0 Å². The molecule has 0 amide bonds. The van der Waals surface area contributed by atoms with E-state index in [1.54, 1.807) is 0 Å². The largest absolute Gasteiger partial charge is 0.326 e. The van der Waals surface area contributed by atoms with Crippen LogP contribution in [0.1, 0.15) is 41.1 Å². The molecule has 0 spiro atoms. The highest BCUT2D eigenvalue weighted by Gasteiger charge is 2.23. The minimum atomic E-state index is 0.155. The molecule has 1 unspecified atom stereocenters. The summed E-state index contributed by atoms with van der Waals surface area (Å²) in [6.45, 7) is 0. The molecular weight excluding hydrogens is 304 g/mol. The molecule has 3 heteroatoms. The monoisotopic (exact) mass is 322 g/mol. The van der Waals surface area contributed by atoms with Gasteiger partial charge >= 0.3 is 0 Å². The molecule has 1 aliphatic rings. The molecule has 0 fully saturated rings.